The van der Waals surface area contributed by atoms with Gasteiger partial charge in [0.15, 0.2) is 3.95 Å². The Morgan fingerprint density at radius 2 is 1.74 bits per heavy atom. The molecule has 3 aromatic carbocycles. The minimum atomic E-state index is -0.421. The van der Waals surface area contributed by atoms with E-state index in [4.69, 9.17) is 12.2 Å². The number of nitrogens with zero attached hydrogens (tertiary/aromatic N) is 1. The molecule has 0 saturated carbocycles. The molecular formula is C23H19N3O3S2. The Kier molecular flexibility index (Phi) is 6.11. The van der Waals surface area contributed by atoms with Crippen LogP contribution in [0.15, 0.2) is 72.8 Å². The Balaban J connectivity index is 1.45. The number of anilines is 2. The predicted molar refractivity (Wildman–Crippen MR) is 126 cm³/mol. The average Bonchev–Trinajstić information content (AvgIpc) is 3.12. The van der Waals surface area contributed by atoms with E-state index >= 15 is 0 Å². The van der Waals surface area contributed by atoms with Crippen molar-refractivity contribution in [1.29, 1.82) is 0 Å². The topological polar surface area (TPSA) is 72.4 Å². The predicted octanol–water partition coefficient (Wildman–Crippen LogP) is 5.54. The van der Waals surface area contributed by atoms with Crippen molar-refractivity contribution in [2.24, 2.45) is 0 Å². The van der Waals surface area contributed by atoms with Crippen LogP contribution in [-0.2, 0) is 11.4 Å². The molecule has 2 N–H and O–H groups in total. The summed E-state index contributed by atoms with van der Waals surface area (Å²) in [6.45, 7) is 0.503. The number of nitrogens with one attached hydrogen (secondary N) is 2. The maximum absolute atomic E-state index is 12.7. The molecule has 8 heteroatoms. The number of aromatic nitrogens is 1. The fraction of sp³-hybridized carbons (Fsp3) is 0.0870. The third kappa shape index (κ3) is 4.65. The number of thiazole rings is 1. The summed E-state index contributed by atoms with van der Waals surface area (Å²) in [5, 5.41) is 6.17. The maximum atomic E-state index is 12.7. The molecular weight excluding hydrogens is 430 g/mol. The van der Waals surface area contributed by atoms with E-state index < -0.39 is 5.97 Å². The van der Waals surface area contributed by atoms with E-state index in [1.807, 2.05) is 34.9 Å². The third-order valence-electron chi connectivity index (χ3n) is 4.70. The number of methoxy groups -OCH3 is 1. The largest absolute Gasteiger partial charge is 0.465 e. The van der Waals surface area contributed by atoms with Gasteiger partial charge in [0.1, 0.15) is 0 Å². The molecule has 0 radical (unpaired) electrons. The molecule has 31 heavy (non-hydrogen) atoms. The van der Waals surface area contributed by atoms with Crippen molar-refractivity contribution in [2.45, 2.75) is 6.67 Å². The van der Waals surface area contributed by atoms with Crippen molar-refractivity contribution in [2.75, 3.05) is 17.7 Å². The standard InChI is InChI=1S/C23H19N3O3S2/c1-29-22(28)15-9-11-17(12-10-15)25-21(27)16-5-4-6-18(13-16)24-14-26-19-7-2-3-8-20(19)31-23(26)30/h2-13,24H,14H2,1H3,(H,25,27). The van der Waals surface area contributed by atoms with Crippen molar-refractivity contribution < 1.29 is 14.3 Å². The summed E-state index contributed by atoms with van der Waals surface area (Å²) < 4.78 is 8.64. The fourth-order valence-corrected chi connectivity index (χ4v) is 4.44. The van der Waals surface area contributed by atoms with E-state index in [2.05, 4.69) is 21.4 Å². The van der Waals surface area contributed by atoms with Crippen molar-refractivity contribution >= 4 is 57.0 Å². The second-order valence-corrected chi connectivity index (χ2v) is 8.38. The first kappa shape index (κ1) is 20.8. The number of ether oxygens (including phenoxy) is 1. The summed E-state index contributed by atoms with van der Waals surface area (Å²) in [6.07, 6.45) is 0. The monoisotopic (exact) mass is 449 g/mol. The molecule has 4 aromatic rings. The Morgan fingerprint density at radius 3 is 2.52 bits per heavy atom. The van der Waals surface area contributed by atoms with E-state index in [0.29, 0.717) is 23.5 Å². The quantitative estimate of drug-likeness (QED) is 0.299. The first-order valence-electron chi connectivity index (χ1n) is 9.47. The van der Waals surface area contributed by atoms with Crippen LogP contribution < -0.4 is 10.6 Å². The Labute approximate surface area is 188 Å². The van der Waals surface area contributed by atoms with Gasteiger partial charge in [0.05, 0.1) is 29.6 Å². The van der Waals surface area contributed by atoms with Crippen molar-refractivity contribution in [1.82, 2.24) is 4.57 Å². The minimum absolute atomic E-state index is 0.243. The van der Waals surface area contributed by atoms with Gasteiger partial charge in [0, 0.05) is 16.9 Å². The first-order valence-corrected chi connectivity index (χ1v) is 10.7. The summed E-state index contributed by atoms with van der Waals surface area (Å²) in [5.74, 6) is -0.665. The number of esters is 1. The van der Waals surface area contributed by atoms with E-state index in [9.17, 15) is 9.59 Å². The highest BCUT2D eigenvalue weighted by atomic mass is 32.1. The zero-order valence-electron chi connectivity index (χ0n) is 16.6. The van der Waals surface area contributed by atoms with E-state index in [0.717, 1.165) is 19.9 Å². The normalized spacial score (nSPS) is 10.6. The summed E-state index contributed by atoms with van der Waals surface area (Å²) in [5.41, 5.74) is 3.42. The van der Waals surface area contributed by atoms with Gasteiger partial charge in [-0.25, -0.2) is 4.79 Å². The molecule has 4 rings (SSSR count). The van der Waals surface area contributed by atoms with Gasteiger partial charge in [-0.1, -0.05) is 18.2 Å². The highest BCUT2D eigenvalue weighted by Crippen LogP contribution is 2.23. The zero-order chi connectivity index (χ0) is 21.8. The van der Waals surface area contributed by atoms with Crippen LogP contribution >= 0.6 is 23.6 Å². The highest BCUT2D eigenvalue weighted by Gasteiger charge is 2.09. The number of rotatable bonds is 6. The molecule has 0 aliphatic rings. The summed E-state index contributed by atoms with van der Waals surface area (Å²) in [6, 6.07) is 21.9. The molecule has 0 spiro atoms. The lowest BCUT2D eigenvalue weighted by Gasteiger charge is -2.11. The molecule has 0 unspecified atom stereocenters. The Hall–Kier alpha value is -3.49. The molecule has 0 atom stereocenters. The number of hydrogen-bond donors (Lipinski definition) is 2. The van der Waals surface area contributed by atoms with E-state index in [1.54, 1.807) is 47.7 Å². The minimum Gasteiger partial charge on any atom is -0.465 e. The second kappa shape index (κ2) is 9.11. The van der Waals surface area contributed by atoms with Gasteiger partial charge >= 0.3 is 5.97 Å². The Morgan fingerprint density at radius 1 is 0.968 bits per heavy atom. The van der Waals surface area contributed by atoms with Gasteiger partial charge in [-0.05, 0) is 66.8 Å². The van der Waals surface area contributed by atoms with Gasteiger partial charge in [-0.3, -0.25) is 4.79 Å². The van der Waals surface area contributed by atoms with Gasteiger partial charge in [0.25, 0.3) is 5.91 Å². The second-order valence-electron chi connectivity index (χ2n) is 6.70. The fourth-order valence-electron chi connectivity index (χ4n) is 3.12. The van der Waals surface area contributed by atoms with Crippen LogP contribution in [0.25, 0.3) is 10.2 Å². The third-order valence-corrected chi connectivity index (χ3v) is 6.13. The summed E-state index contributed by atoms with van der Waals surface area (Å²) in [7, 11) is 1.33. The lowest BCUT2D eigenvalue weighted by molar-refractivity contribution is 0.0600. The van der Waals surface area contributed by atoms with Crippen molar-refractivity contribution in [3.8, 4) is 0 Å². The number of hydrogen-bond acceptors (Lipinski definition) is 6. The molecule has 6 nitrogen and oxygen atoms in total. The molecule has 0 bridgehead atoms. The molecule has 0 fully saturated rings. The van der Waals surface area contributed by atoms with Crippen LogP contribution in [-0.4, -0.2) is 23.6 Å². The lowest BCUT2D eigenvalue weighted by Crippen LogP contribution is -2.13. The van der Waals surface area contributed by atoms with Gasteiger partial charge in [-0.2, -0.15) is 0 Å². The number of benzene rings is 3. The number of para-hydroxylation sites is 1. The van der Waals surface area contributed by atoms with Crippen molar-refractivity contribution in [3.05, 3.63) is 87.9 Å². The van der Waals surface area contributed by atoms with Crippen LogP contribution in [0.4, 0.5) is 11.4 Å². The van der Waals surface area contributed by atoms with Crippen LogP contribution in [0.3, 0.4) is 0 Å². The van der Waals surface area contributed by atoms with Crippen LogP contribution in [0.2, 0.25) is 0 Å². The molecule has 0 aliphatic heterocycles. The Bertz CT molecular complexity index is 1310. The first-order chi connectivity index (χ1) is 15.0. The summed E-state index contributed by atoms with van der Waals surface area (Å²) >= 11 is 7.06. The van der Waals surface area contributed by atoms with Crippen LogP contribution in [0.5, 0.6) is 0 Å². The number of carbonyl (C=O) groups excluding carboxylic acids is 2. The van der Waals surface area contributed by atoms with Gasteiger partial charge in [0.2, 0.25) is 0 Å². The number of amides is 1. The number of carbonyl (C=O) groups is 2. The lowest BCUT2D eigenvalue weighted by atomic mass is 10.1. The van der Waals surface area contributed by atoms with E-state index in [1.165, 1.54) is 7.11 Å². The van der Waals surface area contributed by atoms with Crippen LogP contribution in [0, 0.1) is 3.95 Å². The zero-order valence-corrected chi connectivity index (χ0v) is 18.3. The van der Waals surface area contributed by atoms with Gasteiger partial charge < -0.3 is 19.9 Å². The highest BCUT2D eigenvalue weighted by molar-refractivity contribution is 7.73. The van der Waals surface area contributed by atoms with E-state index in [-0.39, 0.29) is 5.91 Å². The SMILES string of the molecule is COC(=O)c1ccc(NC(=O)c2cccc(NCn3c(=S)sc4ccccc43)c2)cc1. The molecule has 1 amide bonds. The number of fused-ring (bicyclic) bond motifs is 1. The molecule has 0 saturated heterocycles. The molecule has 1 aromatic heterocycles. The maximum Gasteiger partial charge on any atom is 0.337 e. The van der Waals surface area contributed by atoms with Crippen LogP contribution in [0.1, 0.15) is 20.7 Å². The molecule has 156 valence electrons. The average molecular weight is 450 g/mol. The van der Waals surface area contributed by atoms with Crippen molar-refractivity contribution in [3.63, 3.8) is 0 Å². The summed E-state index contributed by atoms with van der Waals surface area (Å²) in [4.78, 5) is 24.2. The molecule has 0 aliphatic carbocycles. The van der Waals surface area contributed by atoms with Gasteiger partial charge in [-0.15, -0.1) is 11.3 Å². The smallest absolute Gasteiger partial charge is 0.337 e. The molecule has 1 heterocycles.